The molecule has 1 aromatic carbocycles. The number of benzene rings is 1. The van der Waals surface area contributed by atoms with Gasteiger partial charge in [0.05, 0.1) is 21.1 Å². The van der Waals surface area contributed by atoms with Crippen molar-refractivity contribution in [2.45, 2.75) is 13.3 Å². The summed E-state index contributed by atoms with van der Waals surface area (Å²) in [6, 6.07) is 3.00. The van der Waals surface area contributed by atoms with Gasteiger partial charge in [0.2, 0.25) is 5.91 Å². The maximum absolute atomic E-state index is 12.5. The molecule has 1 aromatic rings. The van der Waals surface area contributed by atoms with Crippen LogP contribution in [0.2, 0.25) is 10.0 Å². The molecule has 3 N–H and O–H groups in total. The van der Waals surface area contributed by atoms with Crippen LogP contribution in [0.1, 0.15) is 23.7 Å². The number of nitrogen functional groups attached to an aromatic ring is 1. The number of amides is 2. The maximum atomic E-state index is 12.5. The van der Waals surface area contributed by atoms with Gasteiger partial charge >= 0.3 is 0 Å². The SMILES string of the molecule is CNC(=O)C1(C)CCN(C(=O)c2cc(Cl)c(N)c(Cl)c2)C1. The predicted octanol–water partition coefficient (Wildman–Crippen LogP) is 2.17. The monoisotopic (exact) mass is 329 g/mol. The molecule has 21 heavy (non-hydrogen) atoms. The van der Waals surface area contributed by atoms with Gasteiger partial charge in [0.15, 0.2) is 0 Å². The van der Waals surface area contributed by atoms with Crippen molar-refractivity contribution in [1.82, 2.24) is 10.2 Å². The fourth-order valence-electron chi connectivity index (χ4n) is 2.51. The van der Waals surface area contributed by atoms with Crippen LogP contribution in [-0.4, -0.2) is 36.9 Å². The van der Waals surface area contributed by atoms with Crippen molar-refractivity contribution >= 4 is 40.7 Å². The second-order valence-electron chi connectivity index (χ2n) is 5.47. The van der Waals surface area contributed by atoms with E-state index in [-0.39, 0.29) is 27.5 Å². The Hall–Kier alpha value is -1.46. The van der Waals surface area contributed by atoms with Crippen molar-refractivity contribution in [1.29, 1.82) is 0 Å². The summed E-state index contributed by atoms with van der Waals surface area (Å²) in [7, 11) is 1.59. The summed E-state index contributed by atoms with van der Waals surface area (Å²) in [6.45, 7) is 2.73. The van der Waals surface area contributed by atoms with Crippen molar-refractivity contribution in [2.75, 3.05) is 25.9 Å². The average Bonchev–Trinajstić information content (AvgIpc) is 2.86. The normalized spacial score (nSPS) is 21.4. The molecule has 0 saturated carbocycles. The third-order valence-corrected chi connectivity index (χ3v) is 4.49. The van der Waals surface area contributed by atoms with Crippen molar-refractivity contribution < 1.29 is 9.59 Å². The molecule has 1 heterocycles. The Bertz CT molecular complexity index is 583. The van der Waals surface area contributed by atoms with Gasteiger partial charge in [-0.2, -0.15) is 0 Å². The van der Waals surface area contributed by atoms with E-state index in [4.69, 9.17) is 28.9 Å². The van der Waals surface area contributed by atoms with Crippen molar-refractivity contribution in [2.24, 2.45) is 5.41 Å². The Kier molecular flexibility index (Phi) is 4.35. The standard InChI is InChI=1S/C14H17Cl2N3O2/c1-14(13(21)18-2)3-4-19(7-14)12(20)8-5-9(15)11(17)10(16)6-8/h5-6H,3-4,7,17H2,1-2H3,(H,18,21). The van der Waals surface area contributed by atoms with E-state index in [2.05, 4.69) is 5.32 Å². The first kappa shape index (κ1) is 15.9. The second-order valence-corrected chi connectivity index (χ2v) is 6.28. The molecular formula is C14H17Cl2N3O2. The molecule has 0 aromatic heterocycles. The summed E-state index contributed by atoms with van der Waals surface area (Å²) in [5.74, 6) is -0.266. The molecule has 1 fully saturated rings. The fraction of sp³-hybridized carbons (Fsp3) is 0.429. The molecule has 0 radical (unpaired) electrons. The number of nitrogens with zero attached hydrogens (tertiary/aromatic N) is 1. The third-order valence-electron chi connectivity index (χ3n) is 3.86. The molecule has 2 amide bonds. The minimum absolute atomic E-state index is 0.0637. The first-order chi connectivity index (χ1) is 9.78. The number of carbonyl (C=O) groups is 2. The molecular weight excluding hydrogens is 313 g/mol. The van der Waals surface area contributed by atoms with Crippen LogP contribution in [0.15, 0.2) is 12.1 Å². The summed E-state index contributed by atoms with van der Waals surface area (Å²) < 4.78 is 0. The Morgan fingerprint density at radius 2 is 1.90 bits per heavy atom. The Morgan fingerprint density at radius 1 is 1.33 bits per heavy atom. The minimum atomic E-state index is -0.564. The van der Waals surface area contributed by atoms with Crippen LogP contribution in [0, 0.1) is 5.41 Å². The quantitative estimate of drug-likeness (QED) is 0.816. The molecule has 0 spiro atoms. The van der Waals surface area contributed by atoms with Crippen molar-refractivity contribution in [3.63, 3.8) is 0 Å². The highest BCUT2D eigenvalue weighted by Crippen LogP contribution is 2.33. The number of nitrogens with one attached hydrogen (secondary N) is 1. The molecule has 114 valence electrons. The third kappa shape index (κ3) is 2.94. The van der Waals surface area contributed by atoms with E-state index in [1.165, 1.54) is 12.1 Å². The van der Waals surface area contributed by atoms with Gasteiger partial charge in [-0.3, -0.25) is 9.59 Å². The number of rotatable bonds is 2. The van der Waals surface area contributed by atoms with Crippen LogP contribution >= 0.6 is 23.2 Å². The Labute approximate surface area is 133 Å². The van der Waals surface area contributed by atoms with Gasteiger partial charge in [0.25, 0.3) is 5.91 Å². The highest BCUT2D eigenvalue weighted by Gasteiger charge is 2.41. The van der Waals surface area contributed by atoms with Gasteiger partial charge in [-0.15, -0.1) is 0 Å². The summed E-state index contributed by atoms with van der Waals surface area (Å²) in [4.78, 5) is 26.0. The number of likely N-dealkylation sites (tertiary alicyclic amines) is 1. The van der Waals surface area contributed by atoms with Gasteiger partial charge < -0.3 is 16.0 Å². The van der Waals surface area contributed by atoms with Crippen LogP contribution in [0.5, 0.6) is 0 Å². The Balaban J connectivity index is 2.21. The number of hydrogen-bond acceptors (Lipinski definition) is 3. The van der Waals surface area contributed by atoms with Crippen molar-refractivity contribution in [3.8, 4) is 0 Å². The van der Waals surface area contributed by atoms with Crippen LogP contribution in [-0.2, 0) is 4.79 Å². The number of carbonyl (C=O) groups excluding carboxylic acids is 2. The lowest BCUT2D eigenvalue weighted by molar-refractivity contribution is -0.128. The zero-order valence-electron chi connectivity index (χ0n) is 11.9. The van der Waals surface area contributed by atoms with E-state index >= 15 is 0 Å². The first-order valence-electron chi connectivity index (χ1n) is 6.54. The van der Waals surface area contributed by atoms with E-state index in [0.717, 1.165) is 0 Å². The molecule has 7 heteroatoms. The topological polar surface area (TPSA) is 75.4 Å². The van der Waals surface area contributed by atoms with E-state index in [1.54, 1.807) is 11.9 Å². The van der Waals surface area contributed by atoms with Crippen LogP contribution in [0.4, 0.5) is 5.69 Å². The second kappa shape index (κ2) is 5.73. The van der Waals surface area contributed by atoms with Crippen LogP contribution < -0.4 is 11.1 Å². The predicted molar refractivity (Wildman–Crippen MR) is 83.6 cm³/mol. The minimum Gasteiger partial charge on any atom is -0.396 e. The van der Waals surface area contributed by atoms with Gasteiger partial charge in [-0.05, 0) is 25.5 Å². The number of halogens is 2. The molecule has 0 bridgehead atoms. The summed E-state index contributed by atoms with van der Waals surface area (Å²) in [5, 5.41) is 3.14. The fourth-order valence-corrected chi connectivity index (χ4v) is 3.00. The summed E-state index contributed by atoms with van der Waals surface area (Å²) >= 11 is 11.9. The largest absolute Gasteiger partial charge is 0.396 e. The molecule has 0 aliphatic carbocycles. The van der Waals surface area contributed by atoms with E-state index in [0.29, 0.717) is 25.1 Å². The summed E-state index contributed by atoms with van der Waals surface area (Å²) in [6.07, 6.45) is 0.620. The molecule has 1 atom stereocenters. The van der Waals surface area contributed by atoms with Gasteiger partial charge in [-0.1, -0.05) is 23.2 Å². The molecule has 1 aliphatic heterocycles. The highest BCUT2D eigenvalue weighted by atomic mass is 35.5. The van der Waals surface area contributed by atoms with Gasteiger partial charge in [0, 0.05) is 25.7 Å². The maximum Gasteiger partial charge on any atom is 0.253 e. The zero-order valence-corrected chi connectivity index (χ0v) is 13.4. The van der Waals surface area contributed by atoms with E-state index in [1.807, 2.05) is 6.92 Å². The number of anilines is 1. The number of hydrogen-bond donors (Lipinski definition) is 2. The lowest BCUT2D eigenvalue weighted by Crippen LogP contribution is -2.40. The van der Waals surface area contributed by atoms with Gasteiger partial charge in [-0.25, -0.2) is 0 Å². The molecule has 1 saturated heterocycles. The van der Waals surface area contributed by atoms with Gasteiger partial charge in [0.1, 0.15) is 0 Å². The molecule has 1 unspecified atom stereocenters. The van der Waals surface area contributed by atoms with Crippen molar-refractivity contribution in [3.05, 3.63) is 27.7 Å². The molecule has 5 nitrogen and oxygen atoms in total. The van der Waals surface area contributed by atoms with Crippen LogP contribution in [0.3, 0.4) is 0 Å². The first-order valence-corrected chi connectivity index (χ1v) is 7.30. The lowest BCUT2D eigenvalue weighted by Gasteiger charge is -2.23. The molecule has 1 aliphatic rings. The molecule has 2 rings (SSSR count). The Morgan fingerprint density at radius 3 is 2.43 bits per heavy atom. The smallest absolute Gasteiger partial charge is 0.253 e. The van der Waals surface area contributed by atoms with Crippen LogP contribution in [0.25, 0.3) is 0 Å². The average molecular weight is 330 g/mol. The van der Waals surface area contributed by atoms with E-state index in [9.17, 15) is 9.59 Å². The summed E-state index contributed by atoms with van der Waals surface area (Å²) in [5.41, 5.74) is 5.73. The number of nitrogens with two attached hydrogens (primary N) is 1. The highest BCUT2D eigenvalue weighted by molar-refractivity contribution is 6.39. The zero-order chi connectivity index (χ0) is 15.8. The van der Waals surface area contributed by atoms with E-state index < -0.39 is 5.41 Å². The lowest BCUT2D eigenvalue weighted by atomic mass is 9.89.